The van der Waals surface area contributed by atoms with Crippen molar-refractivity contribution < 1.29 is 27.9 Å². The van der Waals surface area contributed by atoms with Gasteiger partial charge in [-0.15, -0.1) is 0 Å². The summed E-state index contributed by atoms with van der Waals surface area (Å²) < 4.78 is 33.2. The zero-order valence-corrected chi connectivity index (χ0v) is 20.9. The Hall–Kier alpha value is -3.49. The maximum Gasteiger partial charge on any atom is 0.410 e. The van der Waals surface area contributed by atoms with E-state index in [-0.39, 0.29) is 37.8 Å². The maximum atomic E-state index is 13.9. The Labute approximate surface area is 210 Å². The van der Waals surface area contributed by atoms with Crippen LogP contribution in [0.4, 0.5) is 13.6 Å². The van der Waals surface area contributed by atoms with Crippen molar-refractivity contribution in [1.29, 1.82) is 0 Å². The molecule has 1 heterocycles. The van der Waals surface area contributed by atoms with Crippen molar-refractivity contribution in [3.05, 3.63) is 71.3 Å². The zero-order chi connectivity index (χ0) is 26.3. The molecule has 194 valence electrons. The molecule has 1 aliphatic rings. The van der Waals surface area contributed by atoms with Crippen molar-refractivity contribution in [2.45, 2.75) is 39.2 Å². The van der Waals surface area contributed by atoms with Crippen LogP contribution in [-0.2, 0) is 27.2 Å². The lowest BCUT2D eigenvalue weighted by Crippen LogP contribution is -2.42. The molecule has 2 atom stereocenters. The van der Waals surface area contributed by atoms with E-state index in [4.69, 9.17) is 4.74 Å². The fraction of sp³-hybridized carbons (Fsp3) is 0.444. The molecule has 1 saturated heterocycles. The van der Waals surface area contributed by atoms with Crippen molar-refractivity contribution >= 4 is 17.9 Å². The standard InChI is InChI=1S/C27H33F2N3O4/c1-27(2,3)36-26(35)32-16-20(24(33)30-14-12-18-8-4-6-10-22(18)28)21(17-32)25(34)31-15-13-19-9-5-7-11-23(19)29/h4-11,20-21H,12-17H2,1-3H3,(H,30,33)(H,31,34)/t20-,21-/m0/s1. The van der Waals surface area contributed by atoms with E-state index in [9.17, 15) is 23.2 Å². The van der Waals surface area contributed by atoms with E-state index >= 15 is 0 Å². The predicted molar refractivity (Wildman–Crippen MR) is 131 cm³/mol. The molecule has 3 amide bonds. The summed E-state index contributed by atoms with van der Waals surface area (Å²) in [6, 6.07) is 12.6. The average Bonchev–Trinajstić information content (AvgIpc) is 3.26. The number of rotatable bonds is 8. The number of hydrogen-bond donors (Lipinski definition) is 2. The molecule has 2 aromatic rings. The number of likely N-dealkylation sites (tertiary alicyclic amines) is 1. The fourth-order valence-corrected chi connectivity index (χ4v) is 4.12. The smallest absolute Gasteiger partial charge is 0.410 e. The summed E-state index contributed by atoms with van der Waals surface area (Å²) in [4.78, 5) is 40.0. The monoisotopic (exact) mass is 501 g/mol. The molecule has 0 aliphatic carbocycles. The van der Waals surface area contributed by atoms with Gasteiger partial charge in [-0.3, -0.25) is 9.59 Å². The second kappa shape index (κ2) is 12.0. The van der Waals surface area contributed by atoms with Gasteiger partial charge in [-0.25, -0.2) is 13.6 Å². The molecule has 0 aromatic heterocycles. The number of amides is 3. The lowest BCUT2D eigenvalue weighted by atomic mass is 9.94. The Morgan fingerprint density at radius 3 is 1.64 bits per heavy atom. The van der Waals surface area contributed by atoms with E-state index < -0.39 is 35.3 Å². The van der Waals surface area contributed by atoms with Gasteiger partial charge in [0.1, 0.15) is 17.2 Å². The van der Waals surface area contributed by atoms with Gasteiger partial charge in [-0.2, -0.15) is 0 Å². The number of benzene rings is 2. The Bertz CT molecular complexity index is 1020. The molecule has 1 aliphatic heterocycles. The minimum absolute atomic E-state index is 0.0197. The van der Waals surface area contributed by atoms with Crippen LogP contribution in [0.5, 0.6) is 0 Å². The molecule has 2 N–H and O–H groups in total. The van der Waals surface area contributed by atoms with E-state index in [1.54, 1.807) is 57.2 Å². The first kappa shape index (κ1) is 27.1. The summed E-state index contributed by atoms with van der Waals surface area (Å²) in [7, 11) is 0. The molecule has 2 aromatic carbocycles. The molecule has 36 heavy (non-hydrogen) atoms. The van der Waals surface area contributed by atoms with Crippen LogP contribution in [0.2, 0.25) is 0 Å². The molecule has 0 radical (unpaired) electrons. The second-order valence-electron chi connectivity index (χ2n) is 9.86. The van der Waals surface area contributed by atoms with E-state index in [2.05, 4.69) is 10.6 Å². The van der Waals surface area contributed by atoms with Crippen molar-refractivity contribution in [3.8, 4) is 0 Å². The maximum absolute atomic E-state index is 13.9. The van der Waals surface area contributed by atoms with Crippen LogP contribution < -0.4 is 10.6 Å². The number of hydrogen-bond acceptors (Lipinski definition) is 4. The minimum Gasteiger partial charge on any atom is -0.444 e. The van der Waals surface area contributed by atoms with Gasteiger partial charge in [-0.05, 0) is 56.9 Å². The molecule has 3 rings (SSSR count). The topological polar surface area (TPSA) is 87.7 Å². The lowest BCUT2D eigenvalue weighted by molar-refractivity contribution is -0.132. The molecular formula is C27H33F2N3O4. The summed E-state index contributed by atoms with van der Waals surface area (Å²) in [6.07, 6.45) is -0.0193. The normalized spacial score (nSPS) is 17.5. The van der Waals surface area contributed by atoms with Gasteiger partial charge in [0, 0.05) is 26.2 Å². The van der Waals surface area contributed by atoms with E-state index in [0.29, 0.717) is 24.0 Å². The first-order valence-electron chi connectivity index (χ1n) is 12.1. The summed E-state index contributed by atoms with van der Waals surface area (Å²) in [6.45, 7) is 5.62. The van der Waals surface area contributed by atoms with Crippen LogP contribution >= 0.6 is 0 Å². The van der Waals surface area contributed by atoms with Crippen LogP contribution in [0.25, 0.3) is 0 Å². The van der Waals surface area contributed by atoms with Crippen molar-refractivity contribution in [1.82, 2.24) is 15.5 Å². The summed E-state index contributed by atoms with van der Waals surface area (Å²) in [5, 5.41) is 5.54. The largest absolute Gasteiger partial charge is 0.444 e. The number of nitrogens with zero attached hydrogens (tertiary/aromatic N) is 1. The molecule has 0 spiro atoms. The number of carbonyl (C=O) groups excluding carboxylic acids is 3. The van der Waals surface area contributed by atoms with Gasteiger partial charge in [0.25, 0.3) is 0 Å². The molecule has 0 saturated carbocycles. The third-order valence-corrected chi connectivity index (χ3v) is 5.95. The highest BCUT2D eigenvalue weighted by molar-refractivity contribution is 5.89. The highest BCUT2D eigenvalue weighted by Crippen LogP contribution is 2.26. The average molecular weight is 502 g/mol. The molecule has 0 bridgehead atoms. The lowest BCUT2D eigenvalue weighted by Gasteiger charge is -2.24. The van der Waals surface area contributed by atoms with Gasteiger partial charge in [0.2, 0.25) is 11.8 Å². The SMILES string of the molecule is CC(C)(C)OC(=O)N1C[C@H](C(=O)NCCc2ccccc2F)[C@@H](C(=O)NCCc2ccccc2F)C1. The molecular weight excluding hydrogens is 468 g/mol. The van der Waals surface area contributed by atoms with Crippen molar-refractivity contribution in [3.63, 3.8) is 0 Å². The Morgan fingerprint density at radius 2 is 1.25 bits per heavy atom. The summed E-state index contributed by atoms with van der Waals surface area (Å²) in [5.74, 6) is -3.09. The van der Waals surface area contributed by atoms with Gasteiger partial charge >= 0.3 is 6.09 Å². The van der Waals surface area contributed by atoms with Crippen LogP contribution in [0, 0.1) is 23.5 Å². The van der Waals surface area contributed by atoms with Crippen molar-refractivity contribution in [2.24, 2.45) is 11.8 Å². The minimum atomic E-state index is -0.799. The molecule has 0 unspecified atom stereocenters. The molecule has 7 nitrogen and oxygen atoms in total. The third kappa shape index (κ3) is 7.50. The van der Waals surface area contributed by atoms with Crippen LogP contribution in [0.3, 0.4) is 0 Å². The van der Waals surface area contributed by atoms with Crippen LogP contribution in [-0.4, -0.2) is 54.6 Å². The number of carbonyl (C=O) groups is 3. The van der Waals surface area contributed by atoms with E-state index in [1.165, 1.54) is 17.0 Å². The Morgan fingerprint density at radius 1 is 0.833 bits per heavy atom. The van der Waals surface area contributed by atoms with Gasteiger partial charge in [-0.1, -0.05) is 36.4 Å². The highest BCUT2D eigenvalue weighted by Gasteiger charge is 2.44. The molecule has 9 heteroatoms. The first-order chi connectivity index (χ1) is 17.0. The van der Waals surface area contributed by atoms with Gasteiger partial charge < -0.3 is 20.3 Å². The number of halogens is 2. The van der Waals surface area contributed by atoms with Crippen molar-refractivity contribution in [2.75, 3.05) is 26.2 Å². The van der Waals surface area contributed by atoms with E-state index in [1.807, 2.05) is 0 Å². The highest BCUT2D eigenvalue weighted by atomic mass is 19.1. The van der Waals surface area contributed by atoms with Gasteiger partial charge in [0.15, 0.2) is 0 Å². The Balaban J connectivity index is 1.63. The summed E-state index contributed by atoms with van der Waals surface area (Å²) >= 11 is 0. The second-order valence-corrected chi connectivity index (χ2v) is 9.86. The fourth-order valence-electron chi connectivity index (χ4n) is 4.12. The third-order valence-electron chi connectivity index (χ3n) is 5.95. The van der Waals surface area contributed by atoms with Crippen LogP contribution in [0.15, 0.2) is 48.5 Å². The number of nitrogens with one attached hydrogen (secondary N) is 2. The quantitative estimate of drug-likeness (QED) is 0.580. The Kier molecular flexibility index (Phi) is 9.01. The molecule has 1 fully saturated rings. The first-order valence-corrected chi connectivity index (χ1v) is 12.1. The van der Waals surface area contributed by atoms with Gasteiger partial charge in [0.05, 0.1) is 11.8 Å². The summed E-state index contributed by atoms with van der Waals surface area (Å²) in [5.41, 5.74) is 0.221. The number of ether oxygens (including phenoxy) is 1. The zero-order valence-electron chi connectivity index (χ0n) is 20.9. The van der Waals surface area contributed by atoms with E-state index in [0.717, 1.165) is 0 Å². The van der Waals surface area contributed by atoms with Crippen LogP contribution in [0.1, 0.15) is 31.9 Å². The predicted octanol–water partition coefficient (Wildman–Crippen LogP) is 3.47.